The van der Waals surface area contributed by atoms with Gasteiger partial charge in [0.2, 0.25) is 0 Å². The number of rotatable bonds is 4. The minimum atomic E-state index is 0.553. The third-order valence-electron chi connectivity index (χ3n) is 5.07. The quantitative estimate of drug-likeness (QED) is 0.910. The van der Waals surface area contributed by atoms with Crippen molar-refractivity contribution in [3.63, 3.8) is 0 Å². The van der Waals surface area contributed by atoms with Gasteiger partial charge in [-0.1, -0.05) is 18.0 Å². The van der Waals surface area contributed by atoms with Crippen LogP contribution in [-0.4, -0.2) is 13.6 Å². The van der Waals surface area contributed by atoms with Crippen LogP contribution in [0, 0.1) is 17.8 Å². The number of fused-ring (bicyclic) bond motifs is 2. The van der Waals surface area contributed by atoms with Crippen LogP contribution in [0.3, 0.4) is 0 Å². The van der Waals surface area contributed by atoms with E-state index in [0.29, 0.717) is 6.54 Å². The van der Waals surface area contributed by atoms with Crippen molar-refractivity contribution in [3.8, 4) is 0 Å². The summed E-state index contributed by atoms with van der Waals surface area (Å²) in [5.74, 6) is 2.87. The maximum Gasteiger partial charge on any atom is 0.0410 e. The van der Waals surface area contributed by atoms with E-state index in [-0.39, 0.29) is 0 Å². The van der Waals surface area contributed by atoms with Crippen molar-refractivity contribution < 1.29 is 0 Å². The van der Waals surface area contributed by atoms with E-state index < -0.39 is 0 Å². The fourth-order valence-electron chi connectivity index (χ4n) is 4.14. The highest BCUT2D eigenvalue weighted by Crippen LogP contribution is 2.48. The summed E-state index contributed by atoms with van der Waals surface area (Å²) in [6, 6.07) is 6.07. The first kappa shape index (κ1) is 13.3. The van der Waals surface area contributed by atoms with Gasteiger partial charge in [-0.25, -0.2) is 0 Å². The van der Waals surface area contributed by atoms with Crippen LogP contribution in [-0.2, 0) is 6.54 Å². The molecular formula is C16H23ClN2. The second-order valence-corrected chi connectivity index (χ2v) is 6.73. The summed E-state index contributed by atoms with van der Waals surface area (Å²) in [4.78, 5) is 2.38. The minimum absolute atomic E-state index is 0.553. The van der Waals surface area contributed by atoms with Gasteiger partial charge < -0.3 is 10.6 Å². The summed E-state index contributed by atoms with van der Waals surface area (Å²) in [5.41, 5.74) is 8.24. The Kier molecular flexibility index (Phi) is 3.72. The highest BCUT2D eigenvalue weighted by molar-refractivity contribution is 6.30. The third-order valence-corrected chi connectivity index (χ3v) is 5.30. The normalized spacial score (nSPS) is 28.9. The van der Waals surface area contributed by atoms with E-state index in [0.717, 1.165) is 34.9 Å². The number of nitrogens with two attached hydrogens (primary N) is 1. The second-order valence-electron chi connectivity index (χ2n) is 6.29. The Morgan fingerprint density at radius 2 is 2.16 bits per heavy atom. The molecule has 2 N–H and O–H groups in total. The molecule has 3 heteroatoms. The molecule has 0 heterocycles. The zero-order valence-corrected chi connectivity index (χ0v) is 12.4. The SMILES string of the molecule is CN(CC1CC2CCC1C2)c1ccc(Cl)cc1CN. The number of benzene rings is 1. The summed E-state index contributed by atoms with van der Waals surface area (Å²) in [6.07, 6.45) is 5.83. The van der Waals surface area contributed by atoms with Crippen LogP contribution in [0.25, 0.3) is 0 Å². The lowest BCUT2D eigenvalue weighted by Crippen LogP contribution is -2.29. The summed E-state index contributed by atoms with van der Waals surface area (Å²) >= 11 is 6.05. The van der Waals surface area contributed by atoms with Crippen LogP contribution in [0.15, 0.2) is 18.2 Å². The van der Waals surface area contributed by atoms with E-state index in [2.05, 4.69) is 18.0 Å². The van der Waals surface area contributed by atoms with Crippen LogP contribution in [0.5, 0.6) is 0 Å². The molecular weight excluding hydrogens is 256 g/mol. The van der Waals surface area contributed by atoms with Crippen molar-refractivity contribution in [1.29, 1.82) is 0 Å². The van der Waals surface area contributed by atoms with E-state index in [1.54, 1.807) is 0 Å². The van der Waals surface area contributed by atoms with E-state index in [1.807, 2.05) is 12.1 Å². The van der Waals surface area contributed by atoms with Crippen molar-refractivity contribution in [1.82, 2.24) is 0 Å². The Morgan fingerprint density at radius 1 is 1.32 bits per heavy atom. The topological polar surface area (TPSA) is 29.3 Å². The number of hydrogen-bond donors (Lipinski definition) is 1. The highest BCUT2D eigenvalue weighted by atomic mass is 35.5. The van der Waals surface area contributed by atoms with E-state index in [9.17, 15) is 0 Å². The molecule has 2 fully saturated rings. The third kappa shape index (κ3) is 2.61. The molecule has 2 aliphatic rings. The predicted molar refractivity (Wildman–Crippen MR) is 81.6 cm³/mol. The molecule has 0 amide bonds. The van der Waals surface area contributed by atoms with Crippen LogP contribution in [0.4, 0.5) is 5.69 Å². The molecule has 2 bridgehead atoms. The molecule has 0 aromatic heterocycles. The number of anilines is 1. The van der Waals surface area contributed by atoms with Crippen LogP contribution >= 0.6 is 11.6 Å². The standard InChI is InChI=1S/C16H23ClN2/c1-19(10-14-7-11-2-3-12(14)6-11)16-5-4-15(17)8-13(16)9-18/h4-5,8,11-12,14H,2-3,6-7,9-10,18H2,1H3. The van der Waals surface area contributed by atoms with Crippen molar-refractivity contribution >= 4 is 17.3 Å². The summed E-state index contributed by atoms with van der Waals surface area (Å²) in [5, 5.41) is 0.775. The molecule has 2 saturated carbocycles. The first-order chi connectivity index (χ1) is 9.17. The van der Waals surface area contributed by atoms with Gasteiger partial charge in [0.25, 0.3) is 0 Å². The average molecular weight is 279 g/mol. The van der Waals surface area contributed by atoms with Gasteiger partial charge in [-0.2, -0.15) is 0 Å². The van der Waals surface area contributed by atoms with Crippen molar-refractivity contribution in [2.24, 2.45) is 23.5 Å². The molecule has 1 aromatic carbocycles. The van der Waals surface area contributed by atoms with Crippen molar-refractivity contribution in [2.75, 3.05) is 18.5 Å². The minimum Gasteiger partial charge on any atom is -0.374 e. The van der Waals surface area contributed by atoms with Gasteiger partial charge in [0.1, 0.15) is 0 Å². The van der Waals surface area contributed by atoms with Gasteiger partial charge in [-0.3, -0.25) is 0 Å². The molecule has 2 aliphatic carbocycles. The monoisotopic (exact) mass is 278 g/mol. The Hall–Kier alpha value is -0.730. The van der Waals surface area contributed by atoms with Gasteiger partial charge in [0, 0.05) is 30.8 Å². The number of nitrogens with zero attached hydrogens (tertiary/aromatic N) is 1. The predicted octanol–water partition coefficient (Wildman–Crippen LogP) is 3.67. The molecule has 0 radical (unpaired) electrons. The molecule has 0 aliphatic heterocycles. The lowest BCUT2D eigenvalue weighted by Gasteiger charge is -2.29. The Bertz CT molecular complexity index is 460. The van der Waals surface area contributed by atoms with Crippen molar-refractivity contribution in [3.05, 3.63) is 28.8 Å². The highest BCUT2D eigenvalue weighted by Gasteiger charge is 2.39. The van der Waals surface area contributed by atoms with Gasteiger partial charge in [-0.05, 0) is 60.8 Å². The fourth-order valence-corrected chi connectivity index (χ4v) is 4.33. The summed E-state index contributed by atoms with van der Waals surface area (Å²) in [6.45, 7) is 1.72. The molecule has 104 valence electrons. The number of halogens is 1. The average Bonchev–Trinajstić information content (AvgIpc) is 3.00. The van der Waals surface area contributed by atoms with Gasteiger partial charge in [0.05, 0.1) is 0 Å². The Balaban J connectivity index is 1.71. The lowest BCUT2D eigenvalue weighted by molar-refractivity contribution is 0.337. The number of hydrogen-bond acceptors (Lipinski definition) is 2. The van der Waals surface area contributed by atoms with E-state index in [4.69, 9.17) is 17.3 Å². The maximum absolute atomic E-state index is 6.05. The fraction of sp³-hybridized carbons (Fsp3) is 0.625. The summed E-state index contributed by atoms with van der Waals surface area (Å²) in [7, 11) is 2.19. The summed E-state index contributed by atoms with van der Waals surface area (Å²) < 4.78 is 0. The van der Waals surface area contributed by atoms with E-state index in [1.165, 1.54) is 31.4 Å². The lowest BCUT2D eigenvalue weighted by atomic mass is 9.88. The molecule has 3 unspecified atom stereocenters. The van der Waals surface area contributed by atoms with Gasteiger partial charge in [-0.15, -0.1) is 0 Å². The molecule has 0 saturated heterocycles. The largest absolute Gasteiger partial charge is 0.374 e. The van der Waals surface area contributed by atoms with Crippen LogP contribution in [0.1, 0.15) is 31.2 Å². The van der Waals surface area contributed by atoms with Gasteiger partial charge >= 0.3 is 0 Å². The first-order valence-corrected chi connectivity index (χ1v) is 7.74. The van der Waals surface area contributed by atoms with Crippen LogP contribution in [0.2, 0.25) is 5.02 Å². The Morgan fingerprint density at radius 3 is 2.79 bits per heavy atom. The molecule has 0 spiro atoms. The molecule has 19 heavy (non-hydrogen) atoms. The zero-order valence-electron chi connectivity index (χ0n) is 11.6. The zero-order chi connectivity index (χ0) is 13.4. The molecule has 3 atom stereocenters. The maximum atomic E-state index is 6.05. The first-order valence-electron chi connectivity index (χ1n) is 7.37. The van der Waals surface area contributed by atoms with Gasteiger partial charge in [0.15, 0.2) is 0 Å². The second kappa shape index (κ2) is 5.34. The Labute approximate surface area is 120 Å². The van der Waals surface area contributed by atoms with Crippen molar-refractivity contribution in [2.45, 2.75) is 32.2 Å². The van der Waals surface area contributed by atoms with E-state index >= 15 is 0 Å². The molecule has 3 rings (SSSR count). The van der Waals surface area contributed by atoms with Crippen LogP contribution < -0.4 is 10.6 Å². The molecule has 1 aromatic rings. The molecule has 2 nitrogen and oxygen atoms in total. The smallest absolute Gasteiger partial charge is 0.0410 e.